The number of methoxy groups -OCH3 is 1. The molecular formula is C20H28N3O3+. The third kappa shape index (κ3) is 3.18. The molecule has 0 bridgehead atoms. The summed E-state index contributed by atoms with van der Waals surface area (Å²) < 4.78 is 5.22. The summed E-state index contributed by atoms with van der Waals surface area (Å²) >= 11 is 0. The fourth-order valence-corrected chi connectivity index (χ4v) is 4.64. The van der Waals surface area contributed by atoms with Gasteiger partial charge in [0.1, 0.15) is 5.75 Å². The van der Waals surface area contributed by atoms with Crippen molar-refractivity contribution in [1.82, 2.24) is 4.90 Å². The Hall–Kier alpha value is -2.08. The van der Waals surface area contributed by atoms with Crippen LogP contribution in [0, 0.1) is 11.8 Å². The molecule has 2 saturated heterocycles. The van der Waals surface area contributed by atoms with E-state index in [1.54, 1.807) is 12.0 Å². The van der Waals surface area contributed by atoms with E-state index in [1.807, 2.05) is 12.1 Å². The summed E-state index contributed by atoms with van der Waals surface area (Å²) in [5, 5.41) is 0. The van der Waals surface area contributed by atoms with Gasteiger partial charge in [-0.15, -0.1) is 0 Å². The van der Waals surface area contributed by atoms with Crippen LogP contribution in [0.3, 0.4) is 0 Å². The van der Waals surface area contributed by atoms with Crippen LogP contribution in [0.15, 0.2) is 24.3 Å². The Morgan fingerprint density at radius 1 is 1.00 bits per heavy atom. The number of nitrogens with one attached hydrogen (secondary N) is 1. The van der Waals surface area contributed by atoms with E-state index < -0.39 is 0 Å². The first-order chi connectivity index (χ1) is 12.7. The Bertz CT molecular complexity index is 643. The van der Waals surface area contributed by atoms with E-state index in [4.69, 9.17) is 4.74 Å². The molecule has 0 radical (unpaired) electrons. The molecular weight excluding hydrogens is 330 g/mol. The number of anilines is 1. The normalized spacial score (nSPS) is 27.0. The van der Waals surface area contributed by atoms with Crippen molar-refractivity contribution in [3.8, 4) is 5.75 Å². The van der Waals surface area contributed by atoms with Crippen LogP contribution >= 0.6 is 0 Å². The zero-order chi connectivity index (χ0) is 18.1. The molecule has 3 fully saturated rings. The summed E-state index contributed by atoms with van der Waals surface area (Å²) in [5.41, 5.74) is 1.20. The second kappa shape index (κ2) is 7.27. The fourth-order valence-electron chi connectivity index (χ4n) is 4.64. The van der Waals surface area contributed by atoms with Crippen molar-refractivity contribution in [2.75, 3.05) is 44.9 Å². The number of carbonyl (C=O) groups excluding carboxylic acids is 2. The number of fused-ring (bicyclic) bond motifs is 1. The van der Waals surface area contributed by atoms with Gasteiger partial charge < -0.3 is 14.5 Å². The van der Waals surface area contributed by atoms with E-state index in [0.29, 0.717) is 6.67 Å². The Morgan fingerprint density at radius 3 is 2.12 bits per heavy atom. The maximum atomic E-state index is 12.6. The van der Waals surface area contributed by atoms with Crippen LogP contribution in [0.25, 0.3) is 0 Å². The van der Waals surface area contributed by atoms with E-state index >= 15 is 0 Å². The molecule has 2 heterocycles. The summed E-state index contributed by atoms with van der Waals surface area (Å²) in [7, 11) is 1.67. The van der Waals surface area contributed by atoms with Gasteiger partial charge >= 0.3 is 0 Å². The summed E-state index contributed by atoms with van der Waals surface area (Å²) in [6.45, 7) is 4.30. The van der Waals surface area contributed by atoms with Gasteiger partial charge in [-0.25, -0.2) is 4.90 Å². The van der Waals surface area contributed by atoms with Crippen molar-refractivity contribution in [3.63, 3.8) is 0 Å². The number of benzene rings is 1. The molecule has 1 saturated carbocycles. The maximum Gasteiger partial charge on any atom is 0.237 e. The second-order valence-electron chi connectivity index (χ2n) is 7.70. The molecule has 2 aliphatic heterocycles. The highest BCUT2D eigenvalue weighted by atomic mass is 16.5. The van der Waals surface area contributed by atoms with Gasteiger partial charge in [-0.1, -0.05) is 12.8 Å². The van der Waals surface area contributed by atoms with Crippen LogP contribution in [-0.4, -0.2) is 56.7 Å². The number of ether oxygens (including phenoxy) is 1. The highest BCUT2D eigenvalue weighted by molar-refractivity contribution is 6.05. The van der Waals surface area contributed by atoms with Crippen molar-refractivity contribution in [1.29, 1.82) is 0 Å². The Balaban J connectivity index is 1.33. The molecule has 6 nitrogen and oxygen atoms in total. The van der Waals surface area contributed by atoms with Crippen molar-refractivity contribution in [3.05, 3.63) is 24.3 Å². The average Bonchev–Trinajstić information content (AvgIpc) is 2.94. The molecule has 2 atom stereocenters. The van der Waals surface area contributed by atoms with Gasteiger partial charge in [0, 0.05) is 5.69 Å². The lowest BCUT2D eigenvalue weighted by molar-refractivity contribution is -0.908. The van der Waals surface area contributed by atoms with Crippen LogP contribution in [0.1, 0.15) is 25.7 Å². The molecule has 3 aliphatic rings. The lowest BCUT2D eigenvalue weighted by atomic mass is 9.81. The van der Waals surface area contributed by atoms with Gasteiger partial charge in [-0.2, -0.15) is 0 Å². The Kier molecular flexibility index (Phi) is 4.85. The van der Waals surface area contributed by atoms with E-state index in [0.717, 1.165) is 57.6 Å². The first-order valence-corrected chi connectivity index (χ1v) is 9.75. The van der Waals surface area contributed by atoms with Gasteiger partial charge in [0.15, 0.2) is 6.67 Å². The van der Waals surface area contributed by atoms with Crippen LogP contribution in [0.2, 0.25) is 0 Å². The quantitative estimate of drug-likeness (QED) is 0.798. The third-order valence-corrected chi connectivity index (χ3v) is 6.22. The molecule has 6 heteroatoms. The zero-order valence-corrected chi connectivity index (χ0v) is 15.4. The van der Waals surface area contributed by atoms with Crippen molar-refractivity contribution in [2.24, 2.45) is 11.8 Å². The summed E-state index contributed by atoms with van der Waals surface area (Å²) in [5.74, 6) is 0.979. The molecule has 1 aromatic rings. The number of rotatable bonds is 4. The third-order valence-electron chi connectivity index (χ3n) is 6.22. The van der Waals surface area contributed by atoms with E-state index in [-0.39, 0.29) is 23.7 Å². The smallest absolute Gasteiger partial charge is 0.237 e. The predicted molar refractivity (Wildman–Crippen MR) is 98.1 cm³/mol. The number of amides is 2. The molecule has 140 valence electrons. The first kappa shape index (κ1) is 17.3. The number of piperazine rings is 1. The van der Waals surface area contributed by atoms with E-state index in [2.05, 4.69) is 17.0 Å². The largest absolute Gasteiger partial charge is 0.497 e. The summed E-state index contributed by atoms with van der Waals surface area (Å²) in [4.78, 5) is 30.5. The minimum Gasteiger partial charge on any atom is -0.497 e. The minimum absolute atomic E-state index is 0.0313. The molecule has 26 heavy (non-hydrogen) atoms. The van der Waals surface area contributed by atoms with Crippen LogP contribution in [-0.2, 0) is 9.59 Å². The van der Waals surface area contributed by atoms with Crippen molar-refractivity contribution in [2.45, 2.75) is 25.7 Å². The van der Waals surface area contributed by atoms with Crippen molar-refractivity contribution >= 4 is 17.5 Å². The fraction of sp³-hybridized carbons (Fsp3) is 0.600. The highest BCUT2D eigenvalue weighted by Crippen LogP contribution is 2.37. The Morgan fingerprint density at radius 2 is 1.58 bits per heavy atom. The van der Waals surface area contributed by atoms with Gasteiger partial charge in [0.05, 0.1) is 45.1 Å². The van der Waals surface area contributed by atoms with Gasteiger partial charge in [-0.3, -0.25) is 9.59 Å². The predicted octanol–water partition coefficient (Wildman–Crippen LogP) is 0.533. The Labute approximate surface area is 154 Å². The standard InChI is InChI=1S/C20H27N3O3/c1-26-16-8-6-15(7-9-16)22-12-10-21(11-13-22)14-23-19(24)17-4-2-3-5-18(17)20(23)25/h6-9,17-18H,2-5,10-14H2,1H3/p+1/t17-,18-/m0/s1. The first-order valence-electron chi connectivity index (χ1n) is 9.75. The zero-order valence-electron chi connectivity index (χ0n) is 15.4. The van der Waals surface area contributed by atoms with Gasteiger partial charge in [-0.05, 0) is 37.1 Å². The number of likely N-dealkylation sites (tertiary alicyclic amines) is 1. The molecule has 0 unspecified atom stereocenters. The van der Waals surface area contributed by atoms with Crippen molar-refractivity contribution < 1.29 is 19.2 Å². The summed E-state index contributed by atoms with van der Waals surface area (Å²) in [6, 6.07) is 8.14. The topological polar surface area (TPSA) is 54.3 Å². The molecule has 2 amide bonds. The SMILES string of the molecule is COc1ccc(N2CC[NH+](CN3C(=O)[C@H]4CCCC[C@@H]4C3=O)CC2)cc1. The van der Waals surface area contributed by atoms with Crippen LogP contribution in [0.5, 0.6) is 5.75 Å². The molecule has 0 aromatic heterocycles. The number of hydrogen-bond donors (Lipinski definition) is 1. The molecule has 0 spiro atoms. The maximum absolute atomic E-state index is 12.6. The minimum atomic E-state index is -0.0313. The lowest BCUT2D eigenvalue weighted by Crippen LogP contribution is -3.16. The van der Waals surface area contributed by atoms with Gasteiger partial charge in [0.25, 0.3) is 0 Å². The number of hydrogen-bond acceptors (Lipinski definition) is 4. The summed E-state index contributed by atoms with van der Waals surface area (Å²) in [6.07, 6.45) is 3.96. The molecule has 1 N–H and O–H groups in total. The van der Waals surface area contributed by atoms with Gasteiger partial charge in [0.2, 0.25) is 11.8 Å². The average molecular weight is 358 g/mol. The van der Waals surface area contributed by atoms with Crippen LogP contribution in [0.4, 0.5) is 5.69 Å². The second-order valence-corrected chi connectivity index (χ2v) is 7.70. The highest BCUT2D eigenvalue weighted by Gasteiger charge is 2.49. The van der Waals surface area contributed by atoms with E-state index in [1.165, 1.54) is 10.6 Å². The number of imide groups is 1. The molecule has 1 aromatic carbocycles. The molecule has 4 rings (SSSR count). The van der Waals surface area contributed by atoms with E-state index in [9.17, 15) is 9.59 Å². The number of carbonyl (C=O) groups is 2. The monoisotopic (exact) mass is 358 g/mol. The van der Waals surface area contributed by atoms with Crippen LogP contribution < -0.4 is 14.5 Å². The molecule has 1 aliphatic carbocycles. The lowest BCUT2D eigenvalue weighted by Gasteiger charge is -2.35. The number of quaternary nitrogens is 1. The number of nitrogens with zero attached hydrogens (tertiary/aromatic N) is 2.